The zero-order valence-corrected chi connectivity index (χ0v) is 15.9. The lowest BCUT2D eigenvalue weighted by molar-refractivity contribution is -0.145. The van der Waals surface area contributed by atoms with Gasteiger partial charge in [-0.15, -0.1) is 0 Å². The van der Waals surface area contributed by atoms with E-state index in [4.69, 9.17) is 4.74 Å². The molecular weight excluding hydrogens is 350 g/mol. The van der Waals surface area contributed by atoms with E-state index in [0.717, 1.165) is 5.56 Å². The minimum Gasteiger partial charge on any atom is -0.467 e. The Hall–Kier alpha value is -2.90. The summed E-state index contributed by atoms with van der Waals surface area (Å²) in [6.45, 7) is 3.60. The molecule has 3 N–H and O–H groups in total. The smallest absolute Gasteiger partial charge is 0.328 e. The summed E-state index contributed by atoms with van der Waals surface area (Å²) in [6.07, 6.45) is 1.07. The topological polar surface area (TPSA) is 114 Å². The van der Waals surface area contributed by atoms with Gasteiger partial charge >= 0.3 is 5.97 Å². The zero-order valence-electron chi connectivity index (χ0n) is 15.9. The van der Waals surface area contributed by atoms with Gasteiger partial charge in [0.05, 0.1) is 13.7 Å². The third-order valence-electron chi connectivity index (χ3n) is 3.79. The Bertz CT molecular complexity index is 633. The molecule has 0 saturated heterocycles. The number of methoxy groups -OCH3 is 1. The molecule has 1 aromatic carbocycles. The minimum atomic E-state index is -0.871. The van der Waals surface area contributed by atoms with Crippen LogP contribution in [0.5, 0.6) is 0 Å². The van der Waals surface area contributed by atoms with Crippen molar-refractivity contribution in [2.45, 2.75) is 38.8 Å². The van der Waals surface area contributed by atoms with Crippen molar-refractivity contribution in [3.63, 3.8) is 0 Å². The first-order chi connectivity index (χ1) is 12.9. The summed E-state index contributed by atoms with van der Waals surface area (Å²) in [4.78, 5) is 46.9. The van der Waals surface area contributed by atoms with E-state index in [0.29, 0.717) is 12.8 Å². The van der Waals surface area contributed by atoms with Crippen LogP contribution in [-0.4, -0.2) is 49.9 Å². The molecule has 0 heterocycles. The first-order valence-corrected chi connectivity index (χ1v) is 8.75. The Morgan fingerprint density at radius 1 is 1.07 bits per heavy atom. The number of benzene rings is 1. The second kappa shape index (κ2) is 11.7. The summed E-state index contributed by atoms with van der Waals surface area (Å²) >= 11 is 0. The van der Waals surface area contributed by atoms with Crippen LogP contribution in [0, 0.1) is 5.92 Å². The highest BCUT2D eigenvalue weighted by atomic mass is 16.5. The average Bonchev–Trinajstić information content (AvgIpc) is 2.65. The third kappa shape index (κ3) is 8.35. The van der Waals surface area contributed by atoms with Crippen molar-refractivity contribution in [2.75, 3.05) is 13.7 Å². The Balaban J connectivity index is 2.84. The summed E-state index contributed by atoms with van der Waals surface area (Å²) in [5.41, 5.74) is 0.868. The molecule has 2 atom stereocenters. The average molecular weight is 377 g/mol. The van der Waals surface area contributed by atoms with Gasteiger partial charge in [0.15, 0.2) is 0 Å². The van der Waals surface area contributed by atoms with Crippen molar-refractivity contribution >= 4 is 24.2 Å². The van der Waals surface area contributed by atoms with Gasteiger partial charge in [0, 0.05) is 6.42 Å². The van der Waals surface area contributed by atoms with Crippen LogP contribution in [0.3, 0.4) is 0 Å². The molecule has 8 nitrogen and oxygen atoms in total. The molecule has 8 heteroatoms. The van der Waals surface area contributed by atoms with E-state index in [1.807, 2.05) is 44.2 Å². The first kappa shape index (κ1) is 22.1. The van der Waals surface area contributed by atoms with Gasteiger partial charge in [-0.2, -0.15) is 0 Å². The van der Waals surface area contributed by atoms with Gasteiger partial charge < -0.3 is 20.7 Å². The molecule has 0 bridgehead atoms. The second-order valence-electron chi connectivity index (χ2n) is 6.52. The van der Waals surface area contributed by atoms with E-state index in [9.17, 15) is 19.2 Å². The molecule has 148 valence electrons. The van der Waals surface area contributed by atoms with E-state index < -0.39 is 29.9 Å². The number of hydrogen-bond acceptors (Lipinski definition) is 5. The monoisotopic (exact) mass is 377 g/mol. The molecule has 0 aliphatic carbocycles. The maximum atomic E-state index is 12.7. The Kier molecular flexibility index (Phi) is 9.57. The number of amides is 3. The van der Waals surface area contributed by atoms with Crippen LogP contribution in [0.1, 0.15) is 25.8 Å². The largest absolute Gasteiger partial charge is 0.467 e. The highest BCUT2D eigenvalue weighted by Gasteiger charge is 2.28. The summed E-state index contributed by atoms with van der Waals surface area (Å²) in [7, 11) is 1.25. The maximum absolute atomic E-state index is 12.7. The van der Waals surface area contributed by atoms with Crippen LogP contribution in [-0.2, 0) is 30.3 Å². The number of carbonyl (C=O) groups excluding carboxylic acids is 4. The van der Waals surface area contributed by atoms with Gasteiger partial charge in [-0.25, -0.2) is 4.79 Å². The minimum absolute atomic E-state index is 0.130. The van der Waals surface area contributed by atoms with Crippen LogP contribution in [0.2, 0.25) is 0 Å². The lowest BCUT2D eigenvalue weighted by Crippen LogP contribution is -2.53. The van der Waals surface area contributed by atoms with Crippen LogP contribution < -0.4 is 16.0 Å². The summed E-state index contributed by atoms with van der Waals surface area (Å²) in [6, 6.07) is 7.54. The van der Waals surface area contributed by atoms with Crippen molar-refractivity contribution in [2.24, 2.45) is 5.92 Å². The summed E-state index contributed by atoms with van der Waals surface area (Å²) < 4.78 is 4.79. The number of carbonyl (C=O) groups is 4. The van der Waals surface area contributed by atoms with Crippen molar-refractivity contribution in [3.8, 4) is 0 Å². The SMILES string of the molecule is COC(=O)[C@H](Cc1ccccc1)NC(=O)[C@H](CC(C)C)NC(=O)CNC=O. The molecule has 0 aromatic heterocycles. The molecule has 1 aromatic rings. The molecule has 0 fully saturated rings. The molecule has 0 saturated carbocycles. The van der Waals surface area contributed by atoms with E-state index >= 15 is 0 Å². The van der Waals surface area contributed by atoms with Gasteiger partial charge in [0.25, 0.3) is 0 Å². The van der Waals surface area contributed by atoms with E-state index in [1.54, 1.807) is 0 Å². The van der Waals surface area contributed by atoms with E-state index in [1.165, 1.54) is 7.11 Å². The Labute approximate surface area is 159 Å². The normalized spacial score (nSPS) is 12.6. The predicted octanol–water partition coefficient (Wildman–Crippen LogP) is 0.164. The predicted molar refractivity (Wildman–Crippen MR) is 99.5 cm³/mol. The van der Waals surface area contributed by atoms with Crippen LogP contribution in [0.25, 0.3) is 0 Å². The molecule has 0 spiro atoms. The van der Waals surface area contributed by atoms with Crippen molar-refractivity contribution in [3.05, 3.63) is 35.9 Å². The molecule has 0 aliphatic heterocycles. The highest BCUT2D eigenvalue weighted by Crippen LogP contribution is 2.08. The fraction of sp³-hybridized carbons (Fsp3) is 0.474. The van der Waals surface area contributed by atoms with Crippen LogP contribution >= 0.6 is 0 Å². The molecule has 0 aliphatic rings. The highest BCUT2D eigenvalue weighted by molar-refractivity contribution is 5.91. The van der Waals surface area contributed by atoms with Gasteiger partial charge in [-0.05, 0) is 17.9 Å². The fourth-order valence-electron chi connectivity index (χ4n) is 2.54. The van der Waals surface area contributed by atoms with Crippen LogP contribution in [0.4, 0.5) is 0 Å². The molecule has 0 radical (unpaired) electrons. The van der Waals surface area contributed by atoms with Gasteiger partial charge in [-0.3, -0.25) is 14.4 Å². The summed E-state index contributed by atoms with van der Waals surface area (Å²) in [5.74, 6) is -1.40. The van der Waals surface area contributed by atoms with Gasteiger partial charge in [0.2, 0.25) is 18.2 Å². The van der Waals surface area contributed by atoms with Crippen molar-refractivity contribution in [1.82, 2.24) is 16.0 Å². The van der Waals surface area contributed by atoms with Crippen molar-refractivity contribution < 1.29 is 23.9 Å². The van der Waals surface area contributed by atoms with E-state index in [-0.39, 0.29) is 18.9 Å². The first-order valence-electron chi connectivity index (χ1n) is 8.75. The standard InChI is InChI=1S/C19H27N3O5/c1-13(2)9-15(21-17(24)11-20-12-23)18(25)22-16(19(26)27-3)10-14-7-5-4-6-8-14/h4-8,12-13,15-16H,9-11H2,1-3H3,(H,20,23)(H,21,24)(H,22,25)/t15-,16-/m0/s1. The summed E-state index contributed by atoms with van der Waals surface area (Å²) in [5, 5.41) is 7.50. The number of ether oxygens (including phenoxy) is 1. The molecular formula is C19H27N3O5. The molecule has 3 amide bonds. The molecule has 0 unspecified atom stereocenters. The lowest BCUT2D eigenvalue weighted by Gasteiger charge is -2.23. The Morgan fingerprint density at radius 3 is 2.30 bits per heavy atom. The van der Waals surface area contributed by atoms with Gasteiger partial charge in [0.1, 0.15) is 12.1 Å². The number of nitrogens with one attached hydrogen (secondary N) is 3. The second-order valence-corrected chi connectivity index (χ2v) is 6.52. The quantitative estimate of drug-likeness (QED) is 0.376. The Morgan fingerprint density at radius 2 is 1.74 bits per heavy atom. The molecule has 1 rings (SSSR count). The van der Waals surface area contributed by atoms with Gasteiger partial charge in [-0.1, -0.05) is 44.2 Å². The number of rotatable bonds is 11. The van der Waals surface area contributed by atoms with Crippen molar-refractivity contribution in [1.29, 1.82) is 0 Å². The number of esters is 1. The number of hydrogen-bond donors (Lipinski definition) is 3. The lowest BCUT2D eigenvalue weighted by atomic mass is 10.0. The maximum Gasteiger partial charge on any atom is 0.328 e. The van der Waals surface area contributed by atoms with E-state index in [2.05, 4.69) is 16.0 Å². The fourth-order valence-corrected chi connectivity index (χ4v) is 2.54. The van der Waals surface area contributed by atoms with Crippen LogP contribution in [0.15, 0.2) is 30.3 Å². The molecule has 27 heavy (non-hydrogen) atoms. The third-order valence-corrected chi connectivity index (χ3v) is 3.79. The zero-order chi connectivity index (χ0) is 20.2.